The summed E-state index contributed by atoms with van der Waals surface area (Å²) in [6, 6.07) is 7.61. The van der Waals surface area contributed by atoms with E-state index in [1.54, 1.807) is 18.3 Å². The van der Waals surface area contributed by atoms with E-state index in [1.807, 2.05) is 35.1 Å². The molecular formula is C20H23N5O2. The highest BCUT2D eigenvalue weighted by Crippen LogP contribution is 2.33. The number of rotatable bonds is 4. The first-order valence-corrected chi connectivity index (χ1v) is 9.43. The van der Waals surface area contributed by atoms with Crippen LogP contribution in [0.15, 0.2) is 36.7 Å². The second-order valence-electron chi connectivity index (χ2n) is 7.23. The molecule has 2 aromatic heterocycles. The molecule has 2 fully saturated rings. The normalized spacial score (nSPS) is 21.4. The van der Waals surface area contributed by atoms with Crippen LogP contribution in [0.4, 0.5) is 0 Å². The van der Waals surface area contributed by atoms with Gasteiger partial charge in [0.1, 0.15) is 0 Å². The number of nitrogens with zero attached hydrogens (tertiary/aromatic N) is 5. The van der Waals surface area contributed by atoms with Crippen LogP contribution in [-0.2, 0) is 11.2 Å². The van der Waals surface area contributed by atoms with Gasteiger partial charge in [-0.25, -0.2) is 0 Å². The molecule has 0 bridgehead atoms. The van der Waals surface area contributed by atoms with Crippen LogP contribution in [0.25, 0.3) is 0 Å². The monoisotopic (exact) mass is 365 g/mol. The molecule has 0 radical (unpaired) electrons. The molecule has 4 heterocycles. The first-order chi connectivity index (χ1) is 13.1. The maximum atomic E-state index is 12.7. The van der Waals surface area contributed by atoms with Crippen LogP contribution in [-0.4, -0.2) is 62.0 Å². The van der Waals surface area contributed by atoms with Gasteiger partial charge in [-0.2, -0.15) is 5.10 Å². The molecule has 4 rings (SSSR count). The van der Waals surface area contributed by atoms with Crippen molar-refractivity contribution < 1.29 is 9.59 Å². The van der Waals surface area contributed by atoms with Gasteiger partial charge in [-0.15, -0.1) is 5.10 Å². The first kappa shape index (κ1) is 17.6. The van der Waals surface area contributed by atoms with Crippen LogP contribution < -0.4 is 0 Å². The Labute approximate surface area is 158 Å². The van der Waals surface area contributed by atoms with Crippen molar-refractivity contribution in [3.8, 4) is 0 Å². The molecule has 0 unspecified atom stereocenters. The van der Waals surface area contributed by atoms with Gasteiger partial charge in [0.2, 0.25) is 5.91 Å². The minimum atomic E-state index is -0.0891. The molecule has 27 heavy (non-hydrogen) atoms. The van der Waals surface area contributed by atoms with Crippen LogP contribution in [0.2, 0.25) is 0 Å². The van der Waals surface area contributed by atoms with Crippen LogP contribution in [0, 0.1) is 6.92 Å². The Morgan fingerprint density at radius 3 is 2.59 bits per heavy atom. The summed E-state index contributed by atoms with van der Waals surface area (Å²) in [6.45, 7) is 3.37. The van der Waals surface area contributed by atoms with Gasteiger partial charge in [0.25, 0.3) is 5.91 Å². The Morgan fingerprint density at radius 1 is 1.11 bits per heavy atom. The Bertz CT molecular complexity index is 824. The van der Waals surface area contributed by atoms with Crippen molar-refractivity contribution in [3.05, 3.63) is 53.6 Å². The summed E-state index contributed by atoms with van der Waals surface area (Å²) >= 11 is 0. The molecule has 7 nitrogen and oxygen atoms in total. The van der Waals surface area contributed by atoms with E-state index >= 15 is 0 Å². The predicted molar refractivity (Wildman–Crippen MR) is 98.9 cm³/mol. The summed E-state index contributed by atoms with van der Waals surface area (Å²) < 4.78 is 0. The third-order valence-corrected chi connectivity index (χ3v) is 5.52. The number of amides is 2. The van der Waals surface area contributed by atoms with Crippen LogP contribution in [0.1, 0.15) is 41.0 Å². The molecule has 2 aliphatic heterocycles. The molecule has 140 valence electrons. The Balaban J connectivity index is 1.37. The van der Waals surface area contributed by atoms with Crippen molar-refractivity contribution >= 4 is 11.8 Å². The molecule has 2 saturated heterocycles. The van der Waals surface area contributed by atoms with Crippen LogP contribution >= 0.6 is 0 Å². The van der Waals surface area contributed by atoms with E-state index in [0.717, 1.165) is 24.1 Å². The fraction of sp³-hybridized carbons (Fsp3) is 0.450. The third kappa shape index (κ3) is 3.54. The van der Waals surface area contributed by atoms with Crippen LogP contribution in [0.3, 0.4) is 0 Å². The van der Waals surface area contributed by atoms with Gasteiger partial charge in [-0.3, -0.25) is 14.6 Å². The number of fused-ring (bicyclic) bond motifs is 1. The first-order valence-electron chi connectivity index (χ1n) is 9.43. The van der Waals surface area contributed by atoms with Gasteiger partial charge < -0.3 is 9.80 Å². The summed E-state index contributed by atoms with van der Waals surface area (Å²) in [4.78, 5) is 33.7. The van der Waals surface area contributed by atoms with Crippen molar-refractivity contribution in [1.82, 2.24) is 25.0 Å². The van der Waals surface area contributed by atoms with Crippen molar-refractivity contribution in [2.45, 2.75) is 44.7 Å². The fourth-order valence-corrected chi connectivity index (χ4v) is 4.14. The van der Waals surface area contributed by atoms with Crippen molar-refractivity contribution in [2.75, 3.05) is 13.1 Å². The number of pyridine rings is 1. The number of carbonyl (C=O) groups is 2. The summed E-state index contributed by atoms with van der Waals surface area (Å²) in [5, 5.41) is 7.73. The average molecular weight is 365 g/mol. The molecule has 0 N–H and O–H groups in total. The van der Waals surface area contributed by atoms with Gasteiger partial charge in [0.15, 0.2) is 5.69 Å². The van der Waals surface area contributed by atoms with E-state index in [9.17, 15) is 9.59 Å². The Kier molecular flexibility index (Phi) is 4.83. The zero-order valence-electron chi connectivity index (χ0n) is 15.4. The second-order valence-corrected chi connectivity index (χ2v) is 7.23. The lowest BCUT2D eigenvalue weighted by Gasteiger charge is -2.25. The van der Waals surface area contributed by atoms with Gasteiger partial charge in [0, 0.05) is 37.6 Å². The third-order valence-electron chi connectivity index (χ3n) is 5.52. The number of aryl methyl sites for hydroxylation is 2. The van der Waals surface area contributed by atoms with Gasteiger partial charge in [0.05, 0.1) is 12.1 Å². The maximum absolute atomic E-state index is 12.7. The molecule has 2 amide bonds. The highest BCUT2D eigenvalue weighted by molar-refractivity contribution is 5.92. The number of carbonyl (C=O) groups excluding carboxylic acids is 2. The molecular weight excluding hydrogens is 342 g/mol. The molecule has 2 aromatic rings. The summed E-state index contributed by atoms with van der Waals surface area (Å²) in [7, 11) is 0. The molecule has 0 spiro atoms. The Morgan fingerprint density at radius 2 is 1.89 bits per heavy atom. The van der Waals surface area contributed by atoms with E-state index in [0.29, 0.717) is 31.6 Å². The lowest BCUT2D eigenvalue weighted by Crippen LogP contribution is -2.41. The number of likely N-dealkylation sites (tertiary alicyclic amines) is 2. The van der Waals surface area contributed by atoms with Crippen molar-refractivity contribution in [1.29, 1.82) is 0 Å². The van der Waals surface area contributed by atoms with Crippen molar-refractivity contribution in [3.63, 3.8) is 0 Å². The summed E-state index contributed by atoms with van der Waals surface area (Å²) in [5.74, 6) is 0.0624. The van der Waals surface area contributed by atoms with Gasteiger partial charge in [-0.1, -0.05) is 6.07 Å². The average Bonchev–Trinajstić information content (AvgIpc) is 3.29. The largest absolute Gasteiger partial charge is 0.337 e. The topological polar surface area (TPSA) is 79.3 Å². The van der Waals surface area contributed by atoms with E-state index in [2.05, 4.69) is 15.2 Å². The summed E-state index contributed by atoms with van der Waals surface area (Å²) in [6.07, 6.45) is 6.14. The maximum Gasteiger partial charge on any atom is 0.274 e. The van der Waals surface area contributed by atoms with Gasteiger partial charge in [-0.05, 0) is 49.9 Å². The van der Waals surface area contributed by atoms with E-state index < -0.39 is 0 Å². The molecule has 0 aliphatic carbocycles. The quantitative estimate of drug-likeness (QED) is 0.823. The van der Waals surface area contributed by atoms with E-state index in [1.165, 1.54) is 0 Å². The SMILES string of the molecule is Cc1ccc(CCC(=O)N2CC[C@@H]3[C@H]2CCN3C(=O)c2cccnn2)nc1. The molecule has 0 saturated carbocycles. The molecule has 2 atom stereocenters. The minimum absolute atomic E-state index is 0.0842. The Hall–Kier alpha value is -2.83. The minimum Gasteiger partial charge on any atom is -0.337 e. The fourth-order valence-electron chi connectivity index (χ4n) is 4.14. The second kappa shape index (κ2) is 7.42. The predicted octanol–water partition coefficient (Wildman–Crippen LogP) is 1.63. The molecule has 7 heteroatoms. The number of aromatic nitrogens is 3. The van der Waals surface area contributed by atoms with Crippen molar-refractivity contribution in [2.24, 2.45) is 0 Å². The van der Waals surface area contributed by atoms with E-state index in [-0.39, 0.29) is 23.9 Å². The van der Waals surface area contributed by atoms with Gasteiger partial charge >= 0.3 is 0 Å². The summed E-state index contributed by atoms with van der Waals surface area (Å²) in [5.41, 5.74) is 2.43. The lowest BCUT2D eigenvalue weighted by atomic mass is 10.1. The standard InChI is InChI=1S/C20H23N5O2/c1-14-4-5-15(21-13-14)6-7-19(26)24-11-8-18-17(24)9-12-25(18)20(27)16-3-2-10-22-23-16/h2-5,10,13,17-18H,6-9,11-12H2,1H3/t17-,18-/m1/s1. The zero-order chi connectivity index (χ0) is 18.8. The van der Waals surface area contributed by atoms with E-state index in [4.69, 9.17) is 0 Å². The number of hydrogen-bond donors (Lipinski definition) is 0. The smallest absolute Gasteiger partial charge is 0.274 e. The molecule has 2 aliphatic rings. The zero-order valence-corrected chi connectivity index (χ0v) is 15.4. The number of hydrogen-bond acceptors (Lipinski definition) is 5. The highest BCUT2D eigenvalue weighted by atomic mass is 16.2. The lowest BCUT2D eigenvalue weighted by molar-refractivity contribution is -0.132. The van der Waals surface area contributed by atoms with Crippen LogP contribution in [0.5, 0.6) is 0 Å². The highest BCUT2D eigenvalue weighted by Gasteiger charge is 2.46. The molecule has 0 aromatic carbocycles.